The van der Waals surface area contributed by atoms with Crippen molar-refractivity contribution in [2.24, 2.45) is 0 Å². The van der Waals surface area contributed by atoms with Crippen molar-refractivity contribution in [3.8, 4) is 5.75 Å². The van der Waals surface area contributed by atoms with E-state index in [1.807, 2.05) is 36.5 Å². The summed E-state index contributed by atoms with van der Waals surface area (Å²) in [6.45, 7) is 6.87. The molecule has 6 aromatic carbocycles. The van der Waals surface area contributed by atoms with Crippen molar-refractivity contribution in [1.29, 1.82) is 0 Å². The van der Waals surface area contributed by atoms with E-state index in [4.69, 9.17) is 14.2 Å². The lowest BCUT2D eigenvalue weighted by Crippen LogP contribution is -2.42. The molecule has 0 unspecified atom stereocenters. The van der Waals surface area contributed by atoms with Gasteiger partial charge in [-0.15, -0.1) is 5.10 Å². The van der Waals surface area contributed by atoms with Crippen LogP contribution in [0.4, 0.5) is 5.69 Å². The minimum atomic E-state index is -0.277. The number of anilines is 1. The molecule has 2 aliphatic rings. The molecule has 1 N–H and O–H groups in total. The van der Waals surface area contributed by atoms with E-state index >= 15 is 0 Å². The standard InChI is InChI=1S/C53H58N6O5/c60-52-47-19-13-18-46-50(57-28-32-62-33-29-57)25-24-48(51(46)47)53(61)59(52)27-26-58-37-42(55-56-58)38-63-30-11-5-3-1-2-4-6-12-31-64-43-22-20-39(21-23-43)35-54-36-49-44-16-9-7-14-40(44)34-41-15-8-10-17-45(41)49/h7-10,13-25,34,37,54H,1-6,11-12,26-33,35-36,38H2. The van der Waals surface area contributed by atoms with Crippen molar-refractivity contribution in [2.45, 2.75) is 77.6 Å². The van der Waals surface area contributed by atoms with E-state index in [1.165, 1.54) is 69.7 Å². The highest BCUT2D eigenvalue weighted by Gasteiger charge is 2.34. The molecule has 1 aromatic heterocycles. The molecule has 2 amide bonds. The smallest absolute Gasteiger partial charge is 0.261 e. The van der Waals surface area contributed by atoms with Crippen LogP contribution in [0, 0.1) is 0 Å². The summed E-state index contributed by atoms with van der Waals surface area (Å²) in [4.78, 5) is 30.8. The number of rotatable bonds is 22. The molecule has 0 atom stereocenters. The van der Waals surface area contributed by atoms with Crippen molar-refractivity contribution >= 4 is 49.8 Å². The summed E-state index contributed by atoms with van der Waals surface area (Å²) >= 11 is 0. The number of benzene rings is 6. The van der Waals surface area contributed by atoms with Gasteiger partial charge in [0, 0.05) is 66.9 Å². The molecule has 9 rings (SSSR count). The van der Waals surface area contributed by atoms with Crippen LogP contribution in [-0.4, -0.2) is 77.8 Å². The maximum atomic E-state index is 13.6. The zero-order valence-electron chi connectivity index (χ0n) is 36.7. The van der Waals surface area contributed by atoms with Crippen LogP contribution in [0.5, 0.6) is 5.75 Å². The fourth-order valence-electron chi connectivity index (χ4n) is 9.20. The predicted octanol–water partition coefficient (Wildman–Crippen LogP) is 9.88. The largest absolute Gasteiger partial charge is 0.494 e. The third kappa shape index (κ3) is 10.1. The van der Waals surface area contributed by atoms with Gasteiger partial charge in [-0.2, -0.15) is 0 Å². The number of aromatic nitrogens is 3. The molecule has 0 bridgehead atoms. The lowest BCUT2D eigenvalue weighted by molar-refractivity contribution is 0.0603. The van der Waals surface area contributed by atoms with Crippen molar-refractivity contribution in [3.63, 3.8) is 0 Å². The van der Waals surface area contributed by atoms with Gasteiger partial charge < -0.3 is 24.4 Å². The highest BCUT2D eigenvalue weighted by molar-refractivity contribution is 6.26. The van der Waals surface area contributed by atoms with E-state index in [9.17, 15) is 9.59 Å². The molecule has 64 heavy (non-hydrogen) atoms. The van der Waals surface area contributed by atoms with E-state index < -0.39 is 0 Å². The second-order valence-corrected chi connectivity index (χ2v) is 17.0. The maximum absolute atomic E-state index is 13.6. The second-order valence-electron chi connectivity index (χ2n) is 17.0. The molecule has 2 aliphatic heterocycles. The van der Waals surface area contributed by atoms with Crippen molar-refractivity contribution in [2.75, 3.05) is 51.0 Å². The fourth-order valence-corrected chi connectivity index (χ4v) is 9.20. The van der Waals surface area contributed by atoms with Crippen LogP contribution in [0.15, 0.2) is 115 Å². The van der Waals surface area contributed by atoms with E-state index in [2.05, 4.69) is 99.4 Å². The molecule has 7 aromatic rings. The number of ether oxygens (including phenoxy) is 3. The number of amides is 2. The predicted molar refractivity (Wildman–Crippen MR) is 253 cm³/mol. The van der Waals surface area contributed by atoms with Gasteiger partial charge in [0.15, 0.2) is 0 Å². The Bertz CT molecular complexity index is 2610. The first-order valence-corrected chi connectivity index (χ1v) is 23.1. The van der Waals surface area contributed by atoms with Crippen molar-refractivity contribution in [1.82, 2.24) is 25.2 Å². The molecular formula is C53H58N6O5. The summed E-state index contributed by atoms with van der Waals surface area (Å²) in [5.41, 5.74) is 5.48. The van der Waals surface area contributed by atoms with E-state index in [0.717, 1.165) is 80.0 Å². The number of carbonyl (C=O) groups excluding carboxylic acids is 2. The van der Waals surface area contributed by atoms with Gasteiger partial charge in [-0.1, -0.05) is 117 Å². The number of nitrogens with zero attached hydrogens (tertiary/aromatic N) is 5. The highest BCUT2D eigenvalue weighted by atomic mass is 16.5. The van der Waals surface area contributed by atoms with Crippen LogP contribution in [0.1, 0.15) is 88.9 Å². The number of hydrogen-bond acceptors (Lipinski definition) is 9. The molecule has 0 spiro atoms. The second kappa shape index (κ2) is 21.0. The topological polar surface area (TPSA) is 111 Å². The van der Waals surface area contributed by atoms with Gasteiger partial charge in [0.1, 0.15) is 11.4 Å². The Kier molecular flexibility index (Phi) is 14.2. The highest BCUT2D eigenvalue weighted by Crippen LogP contribution is 2.36. The molecule has 330 valence electrons. The summed E-state index contributed by atoms with van der Waals surface area (Å²) < 4.78 is 19.2. The monoisotopic (exact) mass is 858 g/mol. The quantitative estimate of drug-likeness (QED) is 0.0405. The lowest BCUT2D eigenvalue weighted by Gasteiger charge is -2.32. The van der Waals surface area contributed by atoms with E-state index in [1.54, 1.807) is 4.68 Å². The third-order valence-corrected chi connectivity index (χ3v) is 12.6. The number of unbranched alkanes of at least 4 members (excludes halogenated alkanes) is 7. The number of fused-ring (bicyclic) bond motifs is 2. The molecule has 3 heterocycles. The summed E-state index contributed by atoms with van der Waals surface area (Å²) in [7, 11) is 0. The molecule has 0 aliphatic carbocycles. The molecule has 0 radical (unpaired) electrons. The minimum absolute atomic E-state index is 0.205. The van der Waals surface area contributed by atoms with Gasteiger partial charge in [0.25, 0.3) is 11.8 Å². The van der Waals surface area contributed by atoms with Crippen molar-refractivity contribution < 1.29 is 23.8 Å². The average Bonchev–Trinajstić information content (AvgIpc) is 3.80. The Balaban J connectivity index is 0.605. The first kappa shape index (κ1) is 43.1. The molecule has 11 heteroatoms. The Hall–Kier alpha value is -6.14. The number of carbonyl (C=O) groups is 2. The third-order valence-electron chi connectivity index (χ3n) is 12.6. The van der Waals surface area contributed by atoms with E-state index in [-0.39, 0.29) is 18.4 Å². The Labute approximate surface area is 375 Å². The van der Waals surface area contributed by atoms with Gasteiger partial charge in [-0.05, 0) is 81.9 Å². The summed E-state index contributed by atoms with van der Waals surface area (Å²) in [6.07, 6.45) is 11.1. The van der Waals surface area contributed by atoms with Crippen LogP contribution in [0.3, 0.4) is 0 Å². The number of nitrogens with one attached hydrogen (secondary N) is 1. The number of morpholine rings is 1. The van der Waals surface area contributed by atoms with Crippen LogP contribution < -0.4 is 15.0 Å². The lowest BCUT2D eigenvalue weighted by atomic mass is 9.92. The number of hydrogen-bond donors (Lipinski definition) is 1. The molecule has 1 saturated heterocycles. The molecule has 0 saturated carbocycles. The maximum Gasteiger partial charge on any atom is 0.261 e. The Morgan fingerprint density at radius 1 is 0.641 bits per heavy atom. The molecule has 11 nitrogen and oxygen atoms in total. The minimum Gasteiger partial charge on any atom is -0.494 e. The van der Waals surface area contributed by atoms with E-state index in [0.29, 0.717) is 44.1 Å². The average molecular weight is 859 g/mol. The first-order valence-electron chi connectivity index (χ1n) is 23.1. The van der Waals surface area contributed by atoms with Crippen LogP contribution in [0.25, 0.3) is 32.3 Å². The first-order chi connectivity index (χ1) is 31.6. The summed E-state index contributed by atoms with van der Waals surface area (Å²) in [5, 5.41) is 19.0. The van der Waals surface area contributed by atoms with Crippen molar-refractivity contribution in [3.05, 3.63) is 143 Å². The zero-order valence-corrected chi connectivity index (χ0v) is 36.7. The zero-order chi connectivity index (χ0) is 43.5. The van der Waals surface area contributed by atoms with Gasteiger partial charge >= 0.3 is 0 Å². The van der Waals surface area contributed by atoms with Gasteiger partial charge in [0.2, 0.25) is 0 Å². The fraction of sp³-hybridized carbons (Fsp3) is 0.358. The normalized spacial score (nSPS) is 14.1. The Morgan fingerprint density at radius 2 is 1.30 bits per heavy atom. The van der Waals surface area contributed by atoms with Crippen LogP contribution in [0.2, 0.25) is 0 Å². The SMILES string of the molecule is O=C1c2cccc3c(N4CCOCC4)ccc(c23)C(=O)N1CCn1cc(COCCCCCCCCCCOc2ccc(CNCc3c4ccccc4cc4ccccc34)cc2)nn1. The Morgan fingerprint density at radius 3 is 2.03 bits per heavy atom. The van der Waals surface area contributed by atoms with Crippen LogP contribution in [-0.2, 0) is 35.7 Å². The van der Waals surface area contributed by atoms with Gasteiger partial charge in [-0.3, -0.25) is 19.2 Å². The summed E-state index contributed by atoms with van der Waals surface area (Å²) in [5.74, 6) is 0.379. The molecular weight excluding hydrogens is 801 g/mol. The van der Waals surface area contributed by atoms with Gasteiger partial charge in [-0.25, -0.2) is 0 Å². The molecule has 1 fully saturated rings. The van der Waals surface area contributed by atoms with Gasteiger partial charge in [0.05, 0.1) is 39.2 Å². The summed E-state index contributed by atoms with van der Waals surface area (Å²) in [6, 6.07) is 37.7. The van der Waals surface area contributed by atoms with Crippen LogP contribution >= 0.6 is 0 Å². The number of imide groups is 1.